The van der Waals surface area contributed by atoms with Crippen molar-refractivity contribution in [3.8, 4) is 0 Å². The van der Waals surface area contributed by atoms with Crippen LogP contribution in [-0.4, -0.2) is 25.7 Å². The van der Waals surface area contributed by atoms with E-state index in [1.54, 1.807) is 18.1 Å². The number of nitrogens with one attached hydrogen (secondary N) is 1. The van der Waals surface area contributed by atoms with Crippen LogP contribution in [0.5, 0.6) is 0 Å². The Bertz CT molecular complexity index is 724. The molecule has 3 N–H and O–H groups in total. The molecular formula is C14H15N5S. The van der Waals surface area contributed by atoms with Gasteiger partial charge in [0.1, 0.15) is 16.9 Å². The van der Waals surface area contributed by atoms with Crippen molar-refractivity contribution in [2.45, 2.75) is 18.0 Å². The first-order valence-corrected chi connectivity index (χ1v) is 7.32. The van der Waals surface area contributed by atoms with Crippen molar-refractivity contribution >= 4 is 22.9 Å². The molecule has 102 valence electrons. The SMILES string of the molecule is Cc1ccccc1C(N)CSc1ncnc2nc[nH]c12. The molecule has 1 aromatic carbocycles. The number of hydrogen-bond donors (Lipinski definition) is 2. The molecule has 0 saturated carbocycles. The summed E-state index contributed by atoms with van der Waals surface area (Å²) in [5.41, 5.74) is 10.2. The zero-order valence-electron chi connectivity index (χ0n) is 11.1. The van der Waals surface area contributed by atoms with Gasteiger partial charge in [0.15, 0.2) is 5.65 Å². The first kappa shape index (κ1) is 13.1. The lowest BCUT2D eigenvalue weighted by Gasteiger charge is -2.14. The summed E-state index contributed by atoms with van der Waals surface area (Å²) in [4.78, 5) is 15.6. The van der Waals surface area contributed by atoms with Gasteiger partial charge in [-0.05, 0) is 18.1 Å². The van der Waals surface area contributed by atoms with Crippen LogP contribution < -0.4 is 5.73 Å². The Morgan fingerprint density at radius 1 is 1.25 bits per heavy atom. The molecule has 0 radical (unpaired) electrons. The molecule has 0 saturated heterocycles. The van der Waals surface area contributed by atoms with Gasteiger partial charge in [-0.2, -0.15) is 0 Å². The van der Waals surface area contributed by atoms with E-state index in [-0.39, 0.29) is 6.04 Å². The Morgan fingerprint density at radius 2 is 2.10 bits per heavy atom. The molecule has 6 heteroatoms. The average molecular weight is 285 g/mol. The topological polar surface area (TPSA) is 80.5 Å². The molecule has 0 bridgehead atoms. The van der Waals surface area contributed by atoms with Crippen LogP contribution in [0.3, 0.4) is 0 Å². The smallest absolute Gasteiger partial charge is 0.181 e. The maximum atomic E-state index is 6.27. The second kappa shape index (κ2) is 5.60. The van der Waals surface area contributed by atoms with Gasteiger partial charge < -0.3 is 10.7 Å². The summed E-state index contributed by atoms with van der Waals surface area (Å²) in [5.74, 6) is 0.760. The Labute approximate surface area is 121 Å². The van der Waals surface area contributed by atoms with Gasteiger partial charge in [0.2, 0.25) is 0 Å². The molecular weight excluding hydrogens is 270 g/mol. The van der Waals surface area contributed by atoms with Gasteiger partial charge in [0.05, 0.1) is 6.33 Å². The number of aromatic nitrogens is 4. The van der Waals surface area contributed by atoms with Gasteiger partial charge in [-0.25, -0.2) is 15.0 Å². The summed E-state index contributed by atoms with van der Waals surface area (Å²) in [7, 11) is 0. The molecule has 20 heavy (non-hydrogen) atoms. The zero-order valence-corrected chi connectivity index (χ0v) is 11.9. The van der Waals surface area contributed by atoms with Crippen LogP contribution in [0.1, 0.15) is 17.2 Å². The molecule has 0 aliphatic heterocycles. The molecule has 0 aliphatic rings. The third-order valence-corrected chi connectivity index (χ3v) is 4.28. The van der Waals surface area contributed by atoms with Crippen LogP contribution >= 0.6 is 11.8 Å². The lowest BCUT2D eigenvalue weighted by molar-refractivity contribution is 0.821. The van der Waals surface area contributed by atoms with Gasteiger partial charge in [0, 0.05) is 11.8 Å². The van der Waals surface area contributed by atoms with E-state index in [9.17, 15) is 0 Å². The predicted octanol–water partition coefficient (Wildman–Crippen LogP) is 2.45. The van der Waals surface area contributed by atoms with E-state index in [0.29, 0.717) is 5.65 Å². The Kier molecular flexibility index (Phi) is 3.66. The van der Waals surface area contributed by atoms with Crippen molar-refractivity contribution in [3.63, 3.8) is 0 Å². The van der Waals surface area contributed by atoms with E-state index in [4.69, 9.17) is 5.73 Å². The minimum Gasteiger partial charge on any atom is -0.341 e. The number of benzene rings is 1. The fourth-order valence-corrected chi connectivity index (χ4v) is 3.05. The second-order valence-electron chi connectivity index (χ2n) is 4.55. The molecule has 2 heterocycles. The molecule has 2 aromatic heterocycles. The van der Waals surface area contributed by atoms with Crippen molar-refractivity contribution < 1.29 is 0 Å². The van der Waals surface area contributed by atoms with E-state index in [1.165, 1.54) is 17.5 Å². The number of thioether (sulfide) groups is 1. The molecule has 1 atom stereocenters. The van der Waals surface area contributed by atoms with Gasteiger partial charge in [0.25, 0.3) is 0 Å². The Balaban J connectivity index is 1.76. The van der Waals surface area contributed by atoms with Crippen LogP contribution in [0.15, 0.2) is 41.9 Å². The molecule has 0 aliphatic carbocycles. The first-order valence-electron chi connectivity index (χ1n) is 6.33. The summed E-state index contributed by atoms with van der Waals surface area (Å²) in [6.07, 6.45) is 3.16. The highest BCUT2D eigenvalue weighted by atomic mass is 32.2. The maximum Gasteiger partial charge on any atom is 0.181 e. The molecule has 3 rings (SSSR count). The normalized spacial score (nSPS) is 12.7. The van der Waals surface area contributed by atoms with Crippen LogP contribution in [0, 0.1) is 6.92 Å². The third kappa shape index (κ3) is 2.52. The fraction of sp³-hybridized carbons (Fsp3) is 0.214. The number of aryl methyl sites for hydroxylation is 1. The number of nitrogens with two attached hydrogens (primary N) is 1. The molecule has 5 nitrogen and oxygen atoms in total. The van der Waals surface area contributed by atoms with Gasteiger partial charge in [-0.3, -0.25) is 0 Å². The summed E-state index contributed by atoms with van der Waals surface area (Å²) in [5, 5.41) is 0.886. The summed E-state index contributed by atoms with van der Waals surface area (Å²) < 4.78 is 0. The highest BCUT2D eigenvalue weighted by Gasteiger charge is 2.12. The van der Waals surface area contributed by atoms with Crippen molar-refractivity contribution in [1.29, 1.82) is 0 Å². The number of rotatable bonds is 4. The minimum atomic E-state index is -0.0193. The Morgan fingerprint density at radius 3 is 2.95 bits per heavy atom. The highest BCUT2D eigenvalue weighted by molar-refractivity contribution is 7.99. The highest BCUT2D eigenvalue weighted by Crippen LogP contribution is 2.26. The van der Waals surface area contributed by atoms with E-state index in [0.717, 1.165) is 16.3 Å². The third-order valence-electron chi connectivity index (χ3n) is 3.18. The second-order valence-corrected chi connectivity index (χ2v) is 5.56. The van der Waals surface area contributed by atoms with Crippen LogP contribution in [0.4, 0.5) is 0 Å². The van der Waals surface area contributed by atoms with E-state index >= 15 is 0 Å². The molecule has 0 fully saturated rings. The van der Waals surface area contributed by atoms with E-state index < -0.39 is 0 Å². The number of nitrogens with zero attached hydrogens (tertiary/aromatic N) is 3. The lowest BCUT2D eigenvalue weighted by atomic mass is 10.0. The van der Waals surface area contributed by atoms with Gasteiger partial charge in [-0.15, -0.1) is 11.8 Å². The van der Waals surface area contributed by atoms with E-state index in [1.807, 2.05) is 12.1 Å². The summed E-state index contributed by atoms with van der Waals surface area (Å²) in [6, 6.07) is 8.18. The standard InChI is InChI=1S/C14H15N5S/c1-9-4-2-3-5-10(9)11(15)6-20-14-12-13(17-7-16-12)18-8-19-14/h2-5,7-8,11H,6,15H2,1H3,(H,16,17,18,19). The monoisotopic (exact) mass is 285 g/mol. The fourth-order valence-electron chi connectivity index (χ4n) is 2.11. The Hall–Kier alpha value is -1.92. The largest absolute Gasteiger partial charge is 0.341 e. The molecule has 0 spiro atoms. The van der Waals surface area contributed by atoms with Crippen LogP contribution in [0.2, 0.25) is 0 Å². The van der Waals surface area contributed by atoms with Crippen LogP contribution in [-0.2, 0) is 0 Å². The lowest BCUT2D eigenvalue weighted by Crippen LogP contribution is -2.14. The van der Waals surface area contributed by atoms with Crippen molar-refractivity contribution in [2.24, 2.45) is 5.73 Å². The first-order chi connectivity index (χ1) is 9.75. The van der Waals surface area contributed by atoms with Gasteiger partial charge >= 0.3 is 0 Å². The zero-order chi connectivity index (χ0) is 13.9. The van der Waals surface area contributed by atoms with Crippen molar-refractivity contribution in [3.05, 3.63) is 48.0 Å². The minimum absolute atomic E-state index is 0.0193. The number of hydrogen-bond acceptors (Lipinski definition) is 5. The summed E-state index contributed by atoms with van der Waals surface area (Å²) in [6.45, 7) is 2.08. The number of imidazole rings is 1. The molecule has 0 amide bonds. The molecule has 1 unspecified atom stereocenters. The maximum absolute atomic E-state index is 6.27. The average Bonchev–Trinajstić information content (AvgIpc) is 2.94. The number of fused-ring (bicyclic) bond motifs is 1. The van der Waals surface area contributed by atoms with Gasteiger partial charge in [-0.1, -0.05) is 24.3 Å². The van der Waals surface area contributed by atoms with Crippen molar-refractivity contribution in [1.82, 2.24) is 19.9 Å². The van der Waals surface area contributed by atoms with Crippen molar-refractivity contribution in [2.75, 3.05) is 5.75 Å². The van der Waals surface area contributed by atoms with Crippen LogP contribution in [0.25, 0.3) is 11.2 Å². The van der Waals surface area contributed by atoms with E-state index in [2.05, 4.69) is 39.0 Å². The number of aromatic amines is 1. The summed E-state index contributed by atoms with van der Waals surface area (Å²) >= 11 is 1.62. The number of H-pyrrole nitrogens is 1. The predicted molar refractivity (Wildman–Crippen MR) is 80.5 cm³/mol. The quantitative estimate of drug-likeness (QED) is 0.568. The molecule has 3 aromatic rings.